The van der Waals surface area contributed by atoms with E-state index < -0.39 is 11.7 Å². The van der Waals surface area contributed by atoms with Crippen LogP contribution in [0.4, 0.5) is 4.79 Å². The van der Waals surface area contributed by atoms with Gasteiger partial charge in [0.15, 0.2) is 0 Å². The molecule has 0 aromatic heterocycles. The minimum Gasteiger partial charge on any atom is -0.444 e. The van der Waals surface area contributed by atoms with Crippen LogP contribution in [0.2, 0.25) is 0 Å². The quantitative estimate of drug-likeness (QED) is 0.670. The predicted molar refractivity (Wildman–Crippen MR) is 57.6 cm³/mol. The summed E-state index contributed by atoms with van der Waals surface area (Å²) in [4.78, 5) is 13.4. The predicted octanol–water partition coefficient (Wildman–Crippen LogP) is 1.77. The third-order valence-electron chi connectivity index (χ3n) is 2.49. The van der Waals surface area contributed by atoms with E-state index in [0.29, 0.717) is 6.54 Å². The van der Waals surface area contributed by atoms with Crippen molar-refractivity contribution < 1.29 is 14.6 Å². The molecule has 88 valence electrons. The molecule has 0 aromatic carbocycles. The fourth-order valence-electron chi connectivity index (χ4n) is 1.66. The van der Waals surface area contributed by atoms with Crippen LogP contribution in [0.5, 0.6) is 0 Å². The zero-order valence-electron chi connectivity index (χ0n) is 9.99. The number of ether oxygens (including phenoxy) is 1. The van der Waals surface area contributed by atoms with Crippen molar-refractivity contribution in [3.63, 3.8) is 0 Å². The first kappa shape index (κ1) is 12.3. The normalized spacial score (nSPS) is 27.7. The molecule has 0 bridgehead atoms. The summed E-state index contributed by atoms with van der Waals surface area (Å²) < 4.78 is 5.27. The number of hydrogen-bond acceptors (Lipinski definition) is 3. The summed E-state index contributed by atoms with van der Waals surface area (Å²) in [6.07, 6.45) is 0.864. The number of aliphatic hydroxyl groups is 1. The van der Waals surface area contributed by atoms with Gasteiger partial charge in [-0.3, -0.25) is 0 Å². The number of rotatable bonds is 0. The van der Waals surface area contributed by atoms with Gasteiger partial charge in [-0.15, -0.1) is 0 Å². The molecule has 0 aliphatic carbocycles. The Bertz CT molecular complexity index is 234. The Morgan fingerprint density at radius 3 is 2.53 bits per heavy atom. The van der Waals surface area contributed by atoms with E-state index >= 15 is 0 Å². The lowest BCUT2D eigenvalue weighted by Gasteiger charge is -2.36. The Hall–Kier alpha value is -0.770. The van der Waals surface area contributed by atoms with Crippen LogP contribution < -0.4 is 0 Å². The molecule has 1 rings (SSSR count). The van der Waals surface area contributed by atoms with Crippen molar-refractivity contribution in [3.05, 3.63) is 0 Å². The molecule has 4 nitrogen and oxygen atoms in total. The monoisotopic (exact) mass is 215 g/mol. The molecule has 1 aliphatic rings. The molecule has 1 heterocycles. The number of nitrogens with zero attached hydrogens (tertiary/aromatic N) is 1. The lowest BCUT2D eigenvalue weighted by molar-refractivity contribution is -0.00987. The number of aliphatic hydroxyl groups excluding tert-OH is 1. The molecular weight excluding hydrogens is 194 g/mol. The first-order valence-corrected chi connectivity index (χ1v) is 5.47. The Labute approximate surface area is 91.2 Å². The van der Waals surface area contributed by atoms with Crippen LogP contribution in [-0.4, -0.2) is 40.4 Å². The smallest absolute Gasteiger partial charge is 0.410 e. The summed E-state index contributed by atoms with van der Waals surface area (Å²) in [6, 6.07) is 0.156. The number of likely N-dealkylation sites (tertiary alicyclic amines) is 1. The van der Waals surface area contributed by atoms with Crippen molar-refractivity contribution in [3.8, 4) is 0 Å². The Kier molecular flexibility index (Phi) is 3.60. The minimum absolute atomic E-state index is 0.156. The fraction of sp³-hybridized carbons (Fsp3) is 0.909. The van der Waals surface area contributed by atoms with Gasteiger partial charge in [-0.05, 0) is 40.5 Å². The molecule has 0 saturated carbocycles. The standard InChI is InChI=1S/C11H21NO3/c1-8-5-6-9(13)7-12(8)10(14)15-11(2,3)4/h8-9,13H,5-7H2,1-4H3. The maximum absolute atomic E-state index is 11.8. The van der Waals surface area contributed by atoms with Gasteiger partial charge in [0.1, 0.15) is 5.60 Å². The van der Waals surface area contributed by atoms with Gasteiger partial charge in [0.25, 0.3) is 0 Å². The lowest BCUT2D eigenvalue weighted by Crippen LogP contribution is -2.49. The third-order valence-corrected chi connectivity index (χ3v) is 2.49. The summed E-state index contributed by atoms with van der Waals surface area (Å²) in [5.41, 5.74) is -0.473. The van der Waals surface area contributed by atoms with Crippen LogP contribution in [0.25, 0.3) is 0 Å². The van der Waals surface area contributed by atoms with E-state index in [1.807, 2.05) is 27.7 Å². The van der Waals surface area contributed by atoms with Crippen molar-refractivity contribution in [2.24, 2.45) is 0 Å². The molecule has 1 aliphatic heterocycles. The molecule has 2 atom stereocenters. The molecule has 2 unspecified atom stereocenters. The average molecular weight is 215 g/mol. The molecule has 0 spiro atoms. The van der Waals surface area contributed by atoms with Crippen LogP contribution in [0.3, 0.4) is 0 Å². The van der Waals surface area contributed by atoms with Gasteiger partial charge in [-0.1, -0.05) is 0 Å². The maximum Gasteiger partial charge on any atom is 0.410 e. The van der Waals surface area contributed by atoms with Crippen molar-refractivity contribution in [1.29, 1.82) is 0 Å². The van der Waals surface area contributed by atoms with E-state index in [0.717, 1.165) is 12.8 Å². The second-order valence-electron chi connectivity index (χ2n) is 5.21. The number of hydrogen-bond donors (Lipinski definition) is 1. The van der Waals surface area contributed by atoms with E-state index in [1.165, 1.54) is 0 Å². The van der Waals surface area contributed by atoms with Crippen LogP contribution in [0.15, 0.2) is 0 Å². The van der Waals surface area contributed by atoms with Crippen molar-refractivity contribution in [2.75, 3.05) is 6.54 Å². The van der Waals surface area contributed by atoms with E-state index in [2.05, 4.69) is 0 Å². The second kappa shape index (κ2) is 4.39. The first-order chi connectivity index (χ1) is 6.79. The van der Waals surface area contributed by atoms with Crippen LogP contribution in [-0.2, 0) is 4.74 Å². The number of piperidine rings is 1. The van der Waals surface area contributed by atoms with Crippen LogP contribution >= 0.6 is 0 Å². The number of carbonyl (C=O) groups excluding carboxylic acids is 1. The summed E-state index contributed by atoms with van der Waals surface area (Å²) in [5.74, 6) is 0. The van der Waals surface area contributed by atoms with Crippen molar-refractivity contribution >= 4 is 6.09 Å². The number of carbonyl (C=O) groups is 1. The lowest BCUT2D eigenvalue weighted by atomic mass is 10.0. The Morgan fingerprint density at radius 1 is 1.40 bits per heavy atom. The van der Waals surface area contributed by atoms with E-state index in [9.17, 15) is 9.90 Å². The van der Waals surface area contributed by atoms with Gasteiger partial charge in [0, 0.05) is 6.04 Å². The molecule has 0 aromatic rings. The molecule has 1 fully saturated rings. The first-order valence-electron chi connectivity index (χ1n) is 5.47. The summed E-state index contributed by atoms with van der Waals surface area (Å²) in [7, 11) is 0. The molecule has 1 saturated heterocycles. The highest BCUT2D eigenvalue weighted by Gasteiger charge is 2.31. The molecule has 0 radical (unpaired) electrons. The van der Waals surface area contributed by atoms with Gasteiger partial charge < -0.3 is 14.7 Å². The van der Waals surface area contributed by atoms with Gasteiger partial charge in [-0.25, -0.2) is 4.79 Å². The second-order valence-corrected chi connectivity index (χ2v) is 5.21. The van der Waals surface area contributed by atoms with Crippen LogP contribution in [0, 0.1) is 0 Å². The highest BCUT2D eigenvalue weighted by Crippen LogP contribution is 2.20. The fourth-order valence-corrected chi connectivity index (χ4v) is 1.66. The Balaban J connectivity index is 2.57. The average Bonchev–Trinajstić information content (AvgIpc) is 2.06. The number of amides is 1. The number of β-amino-alcohol motifs (C(OH)–C–C–N with tert-alkyl or cyclic N) is 1. The highest BCUT2D eigenvalue weighted by molar-refractivity contribution is 5.68. The largest absolute Gasteiger partial charge is 0.444 e. The van der Waals surface area contributed by atoms with Crippen LogP contribution in [0.1, 0.15) is 40.5 Å². The topological polar surface area (TPSA) is 49.8 Å². The zero-order valence-corrected chi connectivity index (χ0v) is 9.99. The highest BCUT2D eigenvalue weighted by atomic mass is 16.6. The molecule has 1 N–H and O–H groups in total. The molecule has 4 heteroatoms. The van der Waals surface area contributed by atoms with Gasteiger partial charge in [0.2, 0.25) is 0 Å². The van der Waals surface area contributed by atoms with Gasteiger partial charge in [0.05, 0.1) is 12.6 Å². The molecule has 1 amide bonds. The van der Waals surface area contributed by atoms with E-state index in [-0.39, 0.29) is 12.1 Å². The zero-order chi connectivity index (χ0) is 11.6. The van der Waals surface area contributed by atoms with E-state index in [1.54, 1.807) is 4.90 Å². The molecule has 15 heavy (non-hydrogen) atoms. The van der Waals surface area contributed by atoms with Crippen molar-refractivity contribution in [2.45, 2.75) is 58.3 Å². The SMILES string of the molecule is CC1CCC(O)CN1C(=O)OC(C)(C)C. The summed E-state index contributed by atoms with van der Waals surface area (Å²) >= 11 is 0. The van der Waals surface area contributed by atoms with Gasteiger partial charge in [-0.2, -0.15) is 0 Å². The minimum atomic E-state index is -0.473. The van der Waals surface area contributed by atoms with Crippen molar-refractivity contribution in [1.82, 2.24) is 4.90 Å². The Morgan fingerprint density at radius 2 is 2.00 bits per heavy atom. The molecular formula is C11H21NO3. The third kappa shape index (κ3) is 3.70. The van der Waals surface area contributed by atoms with E-state index in [4.69, 9.17) is 4.74 Å². The summed E-state index contributed by atoms with van der Waals surface area (Å²) in [6.45, 7) is 7.90. The van der Waals surface area contributed by atoms with Gasteiger partial charge >= 0.3 is 6.09 Å². The maximum atomic E-state index is 11.8. The summed E-state index contributed by atoms with van der Waals surface area (Å²) in [5, 5.41) is 9.50.